The number of amides is 2. The number of anilines is 1. The van der Waals surface area contributed by atoms with Crippen molar-refractivity contribution in [2.75, 3.05) is 11.9 Å². The number of hydrogen-bond donors (Lipinski definition) is 2. The number of carbonyl (C=O) groups is 2. The zero-order chi connectivity index (χ0) is 21.8. The number of hydrogen-bond acceptors (Lipinski definition) is 5. The number of alkyl carbamates (subject to hydrolysis) is 1. The van der Waals surface area contributed by atoms with Gasteiger partial charge in [-0.05, 0) is 36.1 Å². The predicted molar refractivity (Wildman–Crippen MR) is 116 cm³/mol. The molecule has 2 aromatic carbocycles. The third-order valence-corrected chi connectivity index (χ3v) is 5.35. The van der Waals surface area contributed by atoms with Crippen molar-refractivity contribution < 1.29 is 24.2 Å². The molecule has 4 rings (SSSR count). The van der Waals surface area contributed by atoms with Crippen molar-refractivity contribution in [3.05, 3.63) is 77.9 Å². The molecule has 2 amide bonds. The van der Waals surface area contributed by atoms with Crippen LogP contribution >= 0.6 is 0 Å². The van der Waals surface area contributed by atoms with Crippen LogP contribution in [0.25, 0.3) is 0 Å². The number of benzene rings is 2. The molecule has 31 heavy (non-hydrogen) atoms. The molecule has 7 heteroatoms. The Hall–Kier alpha value is -3.74. The van der Waals surface area contributed by atoms with Gasteiger partial charge in [-0.15, -0.1) is 0 Å². The van der Waals surface area contributed by atoms with Gasteiger partial charge in [-0.3, -0.25) is 4.79 Å². The number of fused-ring (bicyclic) bond motifs is 1. The summed E-state index contributed by atoms with van der Waals surface area (Å²) in [6.07, 6.45) is 6.00. The summed E-state index contributed by atoms with van der Waals surface area (Å²) in [6.45, 7) is 0.0917. The van der Waals surface area contributed by atoms with Crippen LogP contribution in [0, 0.1) is 0 Å². The van der Waals surface area contributed by atoms with E-state index in [-0.39, 0.29) is 18.3 Å². The van der Waals surface area contributed by atoms with Crippen molar-refractivity contribution in [3.8, 4) is 11.5 Å². The smallest absolute Gasteiger partial charge is 0.408 e. The first-order valence-electron chi connectivity index (χ1n) is 10.1. The normalized spacial score (nSPS) is 20.2. The highest BCUT2D eigenvalue weighted by atomic mass is 16.5. The molecule has 2 aliphatic rings. The quantitative estimate of drug-likeness (QED) is 0.788. The Morgan fingerprint density at radius 2 is 2.06 bits per heavy atom. The number of ether oxygens (including phenoxy) is 2. The number of phenols is 1. The number of rotatable bonds is 4. The third kappa shape index (κ3) is 4.55. The standard InChI is InChI=1S/C24H24N2O5/c1-26-19-14-18(27)12-13-20(19)31-22(17-10-6-3-7-11-17)21(23(26)28)25-24(29)30-15-16-8-4-2-5-9-16/h2-6,8-10,12-14,21-22,27H,7,11,15H2,1H3,(H,25,29)/t21-,22+/m0/s1. The maximum absolute atomic E-state index is 13.3. The summed E-state index contributed by atoms with van der Waals surface area (Å²) >= 11 is 0. The SMILES string of the molecule is CN1C(=O)[C@@H](NC(=O)OCc2ccccc2)[C@@H](C2=CC=CCC2)Oc2ccc(O)cc21. The summed E-state index contributed by atoms with van der Waals surface area (Å²) < 4.78 is 11.6. The topological polar surface area (TPSA) is 88.1 Å². The van der Waals surface area contributed by atoms with Crippen LogP contribution in [-0.4, -0.2) is 36.3 Å². The molecule has 0 saturated carbocycles. The van der Waals surface area contributed by atoms with Crippen LogP contribution in [0.3, 0.4) is 0 Å². The molecule has 1 aliphatic carbocycles. The van der Waals surface area contributed by atoms with Gasteiger partial charge in [0.25, 0.3) is 5.91 Å². The largest absolute Gasteiger partial charge is 0.508 e. The first-order chi connectivity index (χ1) is 15.0. The molecule has 2 N–H and O–H groups in total. The second kappa shape index (κ2) is 8.95. The molecule has 0 unspecified atom stereocenters. The minimum absolute atomic E-state index is 0.0204. The molecule has 2 aromatic rings. The van der Waals surface area contributed by atoms with Crippen molar-refractivity contribution in [3.63, 3.8) is 0 Å². The van der Waals surface area contributed by atoms with Crippen LogP contribution in [0.1, 0.15) is 18.4 Å². The van der Waals surface area contributed by atoms with E-state index in [9.17, 15) is 14.7 Å². The second-order valence-electron chi connectivity index (χ2n) is 7.48. The number of nitrogens with one attached hydrogen (secondary N) is 1. The number of phenolic OH excluding ortho intramolecular Hbond substituents is 1. The Labute approximate surface area is 180 Å². The van der Waals surface area contributed by atoms with Gasteiger partial charge in [0.05, 0.1) is 5.69 Å². The fourth-order valence-electron chi connectivity index (χ4n) is 3.71. The van der Waals surface area contributed by atoms with E-state index in [1.165, 1.54) is 17.0 Å². The lowest BCUT2D eigenvalue weighted by Crippen LogP contribution is -2.54. The van der Waals surface area contributed by atoms with Gasteiger partial charge in [-0.2, -0.15) is 0 Å². The first-order valence-corrected chi connectivity index (χ1v) is 10.1. The Morgan fingerprint density at radius 3 is 2.81 bits per heavy atom. The van der Waals surface area contributed by atoms with Gasteiger partial charge >= 0.3 is 6.09 Å². The fraction of sp³-hybridized carbons (Fsp3) is 0.250. The van der Waals surface area contributed by atoms with Crippen LogP contribution < -0.4 is 15.0 Å². The number of nitrogens with zero attached hydrogens (tertiary/aromatic N) is 1. The van der Waals surface area contributed by atoms with E-state index >= 15 is 0 Å². The number of carbonyl (C=O) groups excluding carboxylic acids is 2. The van der Waals surface area contributed by atoms with E-state index in [0.717, 1.165) is 17.6 Å². The summed E-state index contributed by atoms with van der Waals surface area (Å²) in [4.78, 5) is 27.3. The highest BCUT2D eigenvalue weighted by Crippen LogP contribution is 2.37. The Kier molecular flexibility index (Phi) is 5.93. The minimum Gasteiger partial charge on any atom is -0.508 e. The van der Waals surface area contributed by atoms with Gasteiger partial charge in [-0.1, -0.05) is 48.6 Å². The number of allylic oxidation sites excluding steroid dienone is 3. The van der Waals surface area contributed by atoms with Crippen molar-refractivity contribution in [1.82, 2.24) is 5.32 Å². The summed E-state index contributed by atoms with van der Waals surface area (Å²) in [5.41, 5.74) is 2.18. The molecule has 2 atom stereocenters. The Bertz CT molecular complexity index is 1030. The van der Waals surface area contributed by atoms with Crippen LogP contribution in [0.2, 0.25) is 0 Å². The summed E-state index contributed by atoms with van der Waals surface area (Å²) in [5, 5.41) is 12.6. The lowest BCUT2D eigenvalue weighted by molar-refractivity contribution is -0.121. The Balaban J connectivity index is 1.60. The van der Waals surface area contributed by atoms with Crippen LogP contribution in [-0.2, 0) is 16.1 Å². The van der Waals surface area contributed by atoms with E-state index in [1.54, 1.807) is 13.1 Å². The van der Waals surface area contributed by atoms with Crippen LogP contribution in [0.4, 0.5) is 10.5 Å². The highest BCUT2D eigenvalue weighted by molar-refractivity contribution is 6.01. The van der Waals surface area contributed by atoms with E-state index in [4.69, 9.17) is 9.47 Å². The molecular weight excluding hydrogens is 396 g/mol. The van der Waals surface area contributed by atoms with E-state index in [2.05, 4.69) is 5.32 Å². The predicted octanol–water partition coefficient (Wildman–Crippen LogP) is 3.69. The molecule has 160 valence electrons. The number of likely N-dealkylation sites (N-methyl/N-ethyl adjacent to an activating group) is 1. The first kappa shape index (κ1) is 20.5. The van der Waals surface area contributed by atoms with Gasteiger partial charge in [0.1, 0.15) is 24.2 Å². The maximum Gasteiger partial charge on any atom is 0.408 e. The van der Waals surface area contributed by atoms with Crippen molar-refractivity contribution in [2.24, 2.45) is 0 Å². The molecule has 0 spiro atoms. The lowest BCUT2D eigenvalue weighted by Gasteiger charge is -2.28. The number of aromatic hydroxyl groups is 1. The van der Waals surface area contributed by atoms with E-state index < -0.39 is 18.2 Å². The zero-order valence-corrected chi connectivity index (χ0v) is 17.2. The van der Waals surface area contributed by atoms with E-state index in [1.807, 2.05) is 48.6 Å². The van der Waals surface area contributed by atoms with Crippen molar-refractivity contribution in [1.29, 1.82) is 0 Å². The summed E-state index contributed by atoms with van der Waals surface area (Å²) in [5.74, 6) is 0.115. The average molecular weight is 420 g/mol. The molecule has 0 bridgehead atoms. The zero-order valence-electron chi connectivity index (χ0n) is 17.2. The molecule has 1 heterocycles. The van der Waals surface area contributed by atoms with Gasteiger partial charge in [-0.25, -0.2) is 4.79 Å². The molecular formula is C24H24N2O5. The molecule has 0 aromatic heterocycles. The van der Waals surface area contributed by atoms with Gasteiger partial charge in [0, 0.05) is 13.1 Å². The van der Waals surface area contributed by atoms with Crippen LogP contribution in [0.15, 0.2) is 72.3 Å². The Morgan fingerprint density at radius 1 is 1.26 bits per heavy atom. The molecule has 0 radical (unpaired) electrons. The minimum atomic E-state index is -0.986. The van der Waals surface area contributed by atoms with Gasteiger partial charge in [0.2, 0.25) is 0 Å². The van der Waals surface area contributed by atoms with Crippen molar-refractivity contribution in [2.45, 2.75) is 31.6 Å². The summed E-state index contributed by atoms with van der Waals surface area (Å²) in [7, 11) is 1.59. The maximum atomic E-state index is 13.3. The van der Waals surface area contributed by atoms with E-state index in [0.29, 0.717) is 17.9 Å². The average Bonchev–Trinajstić information content (AvgIpc) is 2.89. The van der Waals surface area contributed by atoms with Gasteiger partial charge in [0.15, 0.2) is 6.04 Å². The lowest BCUT2D eigenvalue weighted by atomic mass is 9.94. The monoisotopic (exact) mass is 420 g/mol. The molecule has 0 saturated heterocycles. The molecule has 7 nitrogen and oxygen atoms in total. The highest BCUT2D eigenvalue weighted by Gasteiger charge is 2.40. The summed E-state index contributed by atoms with van der Waals surface area (Å²) in [6, 6.07) is 12.9. The fourth-order valence-corrected chi connectivity index (χ4v) is 3.71. The molecule has 1 aliphatic heterocycles. The van der Waals surface area contributed by atoms with Crippen LogP contribution in [0.5, 0.6) is 11.5 Å². The second-order valence-corrected chi connectivity index (χ2v) is 7.48. The third-order valence-electron chi connectivity index (χ3n) is 5.35. The van der Waals surface area contributed by atoms with Crippen molar-refractivity contribution >= 4 is 17.7 Å². The molecule has 0 fully saturated rings. The van der Waals surface area contributed by atoms with Gasteiger partial charge < -0.3 is 24.8 Å².